The highest BCUT2D eigenvalue weighted by Gasteiger charge is 2.30. The van der Waals surface area contributed by atoms with E-state index in [2.05, 4.69) is 5.32 Å². The van der Waals surface area contributed by atoms with E-state index in [1.165, 1.54) is 7.11 Å². The summed E-state index contributed by atoms with van der Waals surface area (Å²) in [6.07, 6.45) is 1.07. The fourth-order valence-electron chi connectivity index (χ4n) is 2.97. The molecule has 1 N–H and O–H groups in total. The highest BCUT2D eigenvalue weighted by molar-refractivity contribution is 7.92. The van der Waals surface area contributed by atoms with E-state index >= 15 is 0 Å². The minimum absolute atomic E-state index is 0.358. The van der Waals surface area contributed by atoms with Gasteiger partial charge in [0.1, 0.15) is 17.5 Å². The second kappa shape index (κ2) is 8.97. The lowest BCUT2D eigenvalue weighted by atomic mass is 10.1. The number of ether oxygens (including phenoxy) is 2. The fourth-order valence-corrected chi connectivity index (χ4v) is 4.15. The topological polar surface area (TPSA) is 84.9 Å². The van der Waals surface area contributed by atoms with Crippen molar-refractivity contribution in [1.82, 2.24) is 5.32 Å². The zero-order valence-electron chi connectivity index (χ0n) is 16.7. The van der Waals surface area contributed by atoms with E-state index in [1.807, 2.05) is 31.2 Å². The largest absolute Gasteiger partial charge is 0.497 e. The van der Waals surface area contributed by atoms with Crippen LogP contribution in [0.1, 0.15) is 25.5 Å². The Kier molecular flexibility index (Phi) is 6.90. The molecule has 2 aromatic carbocycles. The molecule has 8 heteroatoms. The Balaban J connectivity index is 2.26. The number of nitrogens with zero attached hydrogens (tertiary/aromatic N) is 1. The lowest BCUT2D eigenvalue weighted by molar-refractivity contribution is -0.122. The van der Waals surface area contributed by atoms with Gasteiger partial charge in [0.05, 0.1) is 32.2 Å². The molecule has 7 nitrogen and oxygen atoms in total. The van der Waals surface area contributed by atoms with Gasteiger partial charge in [0.2, 0.25) is 15.9 Å². The second-order valence-corrected chi connectivity index (χ2v) is 8.26. The third kappa shape index (κ3) is 4.95. The Morgan fingerprint density at radius 2 is 1.61 bits per heavy atom. The molecular weight excluding hydrogens is 380 g/mol. The van der Waals surface area contributed by atoms with Gasteiger partial charge in [-0.05, 0) is 44.2 Å². The fraction of sp³-hybridized carbons (Fsp3) is 0.350. The van der Waals surface area contributed by atoms with Gasteiger partial charge in [-0.25, -0.2) is 8.42 Å². The summed E-state index contributed by atoms with van der Waals surface area (Å²) in [7, 11) is -0.601. The molecular formula is C20H26N2O5S. The molecule has 0 saturated carbocycles. The Morgan fingerprint density at radius 1 is 1.00 bits per heavy atom. The van der Waals surface area contributed by atoms with E-state index in [4.69, 9.17) is 9.47 Å². The SMILES string of the molecule is COc1ccc(N([C@@H](C)C(=O)N[C@H](C)c2ccccc2OC)S(C)(=O)=O)cc1. The molecule has 0 aliphatic carbocycles. The monoisotopic (exact) mass is 406 g/mol. The standard InChI is InChI=1S/C20H26N2O5S/c1-14(18-8-6-7-9-19(18)27-4)21-20(23)15(2)22(28(5,24)25)16-10-12-17(26-3)13-11-16/h6-15H,1-5H3,(H,21,23)/t14-,15+/m1/s1. The summed E-state index contributed by atoms with van der Waals surface area (Å²) in [6, 6.07) is 12.6. The van der Waals surface area contributed by atoms with Gasteiger partial charge >= 0.3 is 0 Å². The molecule has 0 aliphatic rings. The minimum atomic E-state index is -3.69. The highest BCUT2D eigenvalue weighted by atomic mass is 32.2. The number of amides is 1. The van der Waals surface area contributed by atoms with E-state index < -0.39 is 22.0 Å². The number of sulfonamides is 1. The molecule has 0 radical (unpaired) electrons. The maximum absolute atomic E-state index is 12.8. The lowest BCUT2D eigenvalue weighted by Crippen LogP contribution is -2.48. The number of hydrogen-bond acceptors (Lipinski definition) is 5. The van der Waals surface area contributed by atoms with Gasteiger partial charge in [0, 0.05) is 5.56 Å². The number of nitrogens with one attached hydrogen (secondary N) is 1. The van der Waals surface area contributed by atoms with Crippen LogP contribution in [0.2, 0.25) is 0 Å². The van der Waals surface area contributed by atoms with Gasteiger partial charge in [0.15, 0.2) is 0 Å². The summed E-state index contributed by atoms with van der Waals surface area (Å²) < 4.78 is 36.3. The molecule has 28 heavy (non-hydrogen) atoms. The van der Waals surface area contributed by atoms with Gasteiger partial charge in [-0.3, -0.25) is 9.10 Å². The Bertz CT molecular complexity index is 912. The number of anilines is 1. The van der Waals surface area contributed by atoms with Crippen molar-refractivity contribution in [3.63, 3.8) is 0 Å². The highest BCUT2D eigenvalue weighted by Crippen LogP contribution is 2.26. The van der Waals surface area contributed by atoms with Crippen LogP contribution >= 0.6 is 0 Å². The minimum Gasteiger partial charge on any atom is -0.497 e. The van der Waals surface area contributed by atoms with Crippen LogP contribution in [0, 0.1) is 0 Å². The number of para-hydroxylation sites is 1. The maximum Gasteiger partial charge on any atom is 0.244 e. The van der Waals surface area contributed by atoms with Crippen LogP contribution in [-0.2, 0) is 14.8 Å². The third-order valence-electron chi connectivity index (χ3n) is 4.38. The quantitative estimate of drug-likeness (QED) is 0.729. The van der Waals surface area contributed by atoms with E-state index in [0.29, 0.717) is 17.2 Å². The average Bonchev–Trinajstić information content (AvgIpc) is 2.67. The second-order valence-electron chi connectivity index (χ2n) is 6.41. The first-order chi connectivity index (χ1) is 13.2. The summed E-state index contributed by atoms with van der Waals surface area (Å²) in [5.74, 6) is 0.830. The number of methoxy groups -OCH3 is 2. The van der Waals surface area contributed by atoms with Crippen molar-refractivity contribution in [1.29, 1.82) is 0 Å². The predicted octanol–water partition coefficient (Wildman–Crippen LogP) is 2.74. The van der Waals surface area contributed by atoms with Crippen molar-refractivity contribution in [3.8, 4) is 11.5 Å². The van der Waals surface area contributed by atoms with Crippen LogP contribution in [0.15, 0.2) is 48.5 Å². The smallest absolute Gasteiger partial charge is 0.244 e. The normalized spacial score (nSPS) is 13.3. The van der Waals surface area contributed by atoms with Crippen LogP contribution in [0.3, 0.4) is 0 Å². The van der Waals surface area contributed by atoms with Gasteiger partial charge in [-0.15, -0.1) is 0 Å². The van der Waals surface area contributed by atoms with E-state index in [9.17, 15) is 13.2 Å². The number of carbonyl (C=O) groups excluding carboxylic acids is 1. The zero-order chi connectivity index (χ0) is 20.9. The molecule has 0 unspecified atom stereocenters. The maximum atomic E-state index is 12.8. The molecule has 0 heterocycles. The first-order valence-corrected chi connectivity index (χ1v) is 10.6. The molecule has 152 valence electrons. The molecule has 2 aromatic rings. The molecule has 0 bridgehead atoms. The molecule has 0 aromatic heterocycles. The summed E-state index contributed by atoms with van der Waals surface area (Å²) in [5.41, 5.74) is 1.19. The summed E-state index contributed by atoms with van der Waals surface area (Å²) in [4.78, 5) is 12.8. The molecule has 0 fully saturated rings. The van der Waals surface area contributed by atoms with Crippen molar-refractivity contribution in [3.05, 3.63) is 54.1 Å². The Labute approximate surface area is 166 Å². The van der Waals surface area contributed by atoms with Gasteiger partial charge in [-0.1, -0.05) is 18.2 Å². The van der Waals surface area contributed by atoms with E-state index in [-0.39, 0.29) is 6.04 Å². The lowest BCUT2D eigenvalue weighted by Gasteiger charge is -2.29. The number of carbonyl (C=O) groups is 1. The summed E-state index contributed by atoms with van der Waals surface area (Å²) in [6.45, 7) is 3.37. The average molecular weight is 407 g/mol. The van der Waals surface area contributed by atoms with Crippen LogP contribution in [-0.4, -0.2) is 40.8 Å². The van der Waals surface area contributed by atoms with E-state index in [0.717, 1.165) is 16.1 Å². The van der Waals surface area contributed by atoms with Crippen LogP contribution < -0.4 is 19.1 Å². The zero-order valence-corrected chi connectivity index (χ0v) is 17.5. The van der Waals surface area contributed by atoms with Crippen molar-refractivity contribution in [2.45, 2.75) is 25.9 Å². The Morgan fingerprint density at radius 3 is 2.14 bits per heavy atom. The molecule has 2 atom stereocenters. The van der Waals surface area contributed by atoms with Gasteiger partial charge < -0.3 is 14.8 Å². The van der Waals surface area contributed by atoms with Crippen LogP contribution in [0.4, 0.5) is 5.69 Å². The molecule has 0 spiro atoms. The van der Waals surface area contributed by atoms with Crippen molar-refractivity contribution in [2.75, 3.05) is 24.8 Å². The molecule has 0 saturated heterocycles. The predicted molar refractivity (Wildman–Crippen MR) is 109 cm³/mol. The van der Waals surface area contributed by atoms with Crippen molar-refractivity contribution in [2.24, 2.45) is 0 Å². The third-order valence-corrected chi connectivity index (χ3v) is 5.62. The molecule has 1 amide bonds. The number of rotatable bonds is 8. The molecule has 0 aliphatic heterocycles. The number of hydrogen-bond donors (Lipinski definition) is 1. The van der Waals surface area contributed by atoms with Gasteiger partial charge in [0.25, 0.3) is 0 Å². The van der Waals surface area contributed by atoms with Crippen molar-refractivity contribution < 1.29 is 22.7 Å². The van der Waals surface area contributed by atoms with Crippen LogP contribution in [0.5, 0.6) is 11.5 Å². The molecule has 2 rings (SSSR count). The van der Waals surface area contributed by atoms with Crippen molar-refractivity contribution >= 4 is 21.6 Å². The number of benzene rings is 2. The van der Waals surface area contributed by atoms with E-state index in [1.54, 1.807) is 38.3 Å². The Hall–Kier alpha value is -2.74. The van der Waals surface area contributed by atoms with Crippen LogP contribution in [0.25, 0.3) is 0 Å². The summed E-state index contributed by atoms with van der Waals surface area (Å²) >= 11 is 0. The first kappa shape index (κ1) is 21.6. The van der Waals surface area contributed by atoms with Gasteiger partial charge in [-0.2, -0.15) is 0 Å². The summed E-state index contributed by atoms with van der Waals surface area (Å²) in [5, 5.41) is 2.87. The first-order valence-electron chi connectivity index (χ1n) is 8.75.